The predicted octanol–water partition coefficient (Wildman–Crippen LogP) is 3.44. The van der Waals surface area contributed by atoms with Gasteiger partial charge in [-0.25, -0.2) is 4.98 Å². The third kappa shape index (κ3) is 4.23. The van der Waals surface area contributed by atoms with Crippen molar-refractivity contribution in [1.29, 1.82) is 0 Å². The average Bonchev–Trinajstić information content (AvgIpc) is 2.56. The summed E-state index contributed by atoms with van der Waals surface area (Å²) in [5.74, 6) is 1.61. The summed E-state index contributed by atoms with van der Waals surface area (Å²) in [4.78, 5) is 4.46. The molecule has 0 aliphatic heterocycles. The van der Waals surface area contributed by atoms with Gasteiger partial charge in [-0.1, -0.05) is 6.07 Å². The van der Waals surface area contributed by atoms with Crippen molar-refractivity contribution in [2.75, 3.05) is 26.4 Å². The molecule has 1 heterocycles. The molecule has 0 spiro atoms. The zero-order chi connectivity index (χ0) is 16.7. The number of benzene rings is 1. The summed E-state index contributed by atoms with van der Waals surface area (Å²) in [6.07, 6.45) is 4.67. The maximum Gasteiger partial charge on any atom is 0.124 e. The Kier molecular flexibility index (Phi) is 6.41. The Labute approximate surface area is 139 Å². The SMILES string of the molecule is CCOc1ccc(-c2cccc(N)n2)c2c1CCCC2.CNC. The first-order valence-electron chi connectivity index (χ1n) is 8.30. The highest BCUT2D eigenvalue weighted by Gasteiger charge is 2.19. The highest BCUT2D eigenvalue weighted by Crippen LogP contribution is 2.36. The highest BCUT2D eigenvalue weighted by atomic mass is 16.5. The fourth-order valence-electron chi connectivity index (χ4n) is 2.97. The number of hydrogen-bond acceptors (Lipinski definition) is 4. The van der Waals surface area contributed by atoms with Crippen molar-refractivity contribution in [2.45, 2.75) is 32.6 Å². The van der Waals surface area contributed by atoms with Crippen LogP contribution in [-0.4, -0.2) is 25.7 Å². The Hall–Kier alpha value is -2.07. The number of pyridine rings is 1. The summed E-state index contributed by atoms with van der Waals surface area (Å²) < 4.78 is 5.77. The van der Waals surface area contributed by atoms with Crippen LogP contribution in [0.5, 0.6) is 5.75 Å². The van der Waals surface area contributed by atoms with Crippen LogP contribution < -0.4 is 15.8 Å². The topological polar surface area (TPSA) is 60.2 Å². The summed E-state index contributed by atoms with van der Waals surface area (Å²) in [7, 11) is 3.75. The maximum atomic E-state index is 5.81. The molecule has 0 bridgehead atoms. The number of nitrogens with two attached hydrogens (primary N) is 1. The quantitative estimate of drug-likeness (QED) is 0.911. The number of aromatic nitrogens is 1. The van der Waals surface area contributed by atoms with Gasteiger partial charge in [0.2, 0.25) is 0 Å². The molecule has 2 aromatic rings. The third-order valence-corrected chi connectivity index (χ3v) is 3.84. The van der Waals surface area contributed by atoms with Crippen molar-refractivity contribution in [2.24, 2.45) is 0 Å². The van der Waals surface area contributed by atoms with E-state index < -0.39 is 0 Å². The summed E-state index contributed by atoms with van der Waals surface area (Å²) in [6.45, 7) is 2.74. The van der Waals surface area contributed by atoms with Gasteiger partial charge in [0, 0.05) is 5.56 Å². The second-order valence-corrected chi connectivity index (χ2v) is 5.66. The van der Waals surface area contributed by atoms with Crippen LogP contribution in [0, 0.1) is 0 Å². The zero-order valence-electron chi connectivity index (χ0n) is 14.4. The van der Waals surface area contributed by atoms with Gasteiger partial charge < -0.3 is 15.8 Å². The number of nitrogen functional groups attached to an aromatic ring is 1. The molecule has 124 valence electrons. The second kappa shape index (κ2) is 8.53. The van der Waals surface area contributed by atoms with Crippen LogP contribution in [0.4, 0.5) is 5.82 Å². The van der Waals surface area contributed by atoms with Gasteiger partial charge in [0.25, 0.3) is 0 Å². The first kappa shape index (κ1) is 17.3. The van der Waals surface area contributed by atoms with E-state index in [1.54, 1.807) is 0 Å². The van der Waals surface area contributed by atoms with Gasteiger partial charge in [0.1, 0.15) is 11.6 Å². The molecular formula is C19H27N3O. The summed E-state index contributed by atoms with van der Waals surface area (Å²) in [5.41, 5.74) is 10.7. The lowest BCUT2D eigenvalue weighted by Crippen LogP contribution is -2.08. The van der Waals surface area contributed by atoms with Crippen LogP contribution in [0.3, 0.4) is 0 Å². The Balaban J connectivity index is 0.000000595. The van der Waals surface area contributed by atoms with E-state index in [0.29, 0.717) is 12.4 Å². The number of anilines is 1. The second-order valence-electron chi connectivity index (χ2n) is 5.66. The summed E-state index contributed by atoms with van der Waals surface area (Å²) in [6, 6.07) is 10.0. The summed E-state index contributed by atoms with van der Waals surface area (Å²) >= 11 is 0. The van der Waals surface area contributed by atoms with E-state index in [-0.39, 0.29) is 0 Å². The third-order valence-electron chi connectivity index (χ3n) is 3.84. The van der Waals surface area contributed by atoms with Gasteiger partial charge in [-0.2, -0.15) is 0 Å². The molecule has 0 saturated carbocycles. The fraction of sp³-hybridized carbons (Fsp3) is 0.421. The number of nitrogens with zero attached hydrogens (tertiary/aromatic N) is 1. The van der Waals surface area contributed by atoms with E-state index in [1.165, 1.54) is 29.5 Å². The molecule has 0 saturated heterocycles. The Morgan fingerprint density at radius 1 is 1.09 bits per heavy atom. The predicted molar refractivity (Wildman–Crippen MR) is 96.9 cm³/mol. The van der Waals surface area contributed by atoms with Crippen LogP contribution in [0.2, 0.25) is 0 Å². The minimum Gasteiger partial charge on any atom is -0.494 e. The van der Waals surface area contributed by atoms with Gasteiger partial charge in [-0.3, -0.25) is 0 Å². The lowest BCUT2D eigenvalue weighted by atomic mass is 9.86. The van der Waals surface area contributed by atoms with Crippen LogP contribution in [-0.2, 0) is 12.8 Å². The monoisotopic (exact) mass is 313 g/mol. The molecule has 0 fully saturated rings. The molecule has 1 aromatic heterocycles. The molecule has 0 radical (unpaired) electrons. The van der Waals surface area contributed by atoms with Gasteiger partial charge >= 0.3 is 0 Å². The van der Waals surface area contributed by atoms with Crippen LogP contribution in [0.1, 0.15) is 30.9 Å². The average molecular weight is 313 g/mol. The molecule has 3 N–H and O–H groups in total. The Morgan fingerprint density at radius 2 is 1.78 bits per heavy atom. The van der Waals surface area contributed by atoms with E-state index in [4.69, 9.17) is 10.5 Å². The Bertz CT molecular complexity index is 641. The molecule has 4 heteroatoms. The molecule has 0 unspecified atom stereocenters. The van der Waals surface area contributed by atoms with E-state index in [2.05, 4.69) is 22.4 Å². The first-order valence-corrected chi connectivity index (χ1v) is 8.30. The number of nitrogens with one attached hydrogen (secondary N) is 1. The minimum atomic E-state index is 0.570. The van der Waals surface area contributed by atoms with E-state index in [1.807, 2.05) is 39.2 Å². The highest BCUT2D eigenvalue weighted by molar-refractivity contribution is 5.69. The van der Waals surface area contributed by atoms with E-state index >= 15 is 0 Å². The van der Waals surface area contributed by atoms with E-state index in [0.717, 1.165) is 24.3 Å². The normalized spacial score (nSPS) is 12.8. The number of hydrogen-bond donors (Lipinski definition) is 2. The Morgan fingerprint density at radius 3 is 2.43 bits per heavy atom. The van der Waals surface area contributed by atoms with Gasteiger partial charge in [0.15, 0.2) is 0 Å². The van der Waals surface area contributed by atoms with Gasteiger partial charge in [-0.05, 0) is 82.1 Å². The number of ether oxygens (including phenoxy) is 1. The largest absolute Gasteiger partial charge is 0.494 e. The van der Waals surface area contributed by atoms with Crippen molar-refractivity contribution in [3.63, 3.8) is 0 Å². The molecular weight excluding hydrogens is 286 g/mol. The molecule has 3 rings (SSSR count). The minimum absolute atomic E-state index is 0.570. The van der Waals surface area contributed by atoms with Crippen molar-refractivity contribution < 1.29 is 4.74 Å². The van der Waals surface area contributed by atoms with Crippen LogP contribution in [0.15, 0.2) is 30.3 Å². The summed E-state index contributed by atoms with van der Waals surface area (Å²) in [5, 5.41) is 2.75. The zero-order valence-corrected chi connectivity index (χ0v) is 14.4. The van der Waals surface area contributed by atoms with Crippen LogP contribution >= 0.6 is 0 Å². The fourth-order valence-corrected chi connectivity index (χ4v) is 2.97. The molecule has 4 nitrogen and oxygen atoms in total. The molecule has 23 heavy (non-hydrogen) atoms. The van der Waals surface area contributed by atoms with Crippen LogP contribution in [0.25, 0.3) is 11.3 Å². The van der Waals surface area contributed by atoms with Gasteiger partial charge in [0.05, 0.1) is 12.3 Å². The number of rotatable bonds is 3. The lowest BCUT2D eigenvalue weighted by molar-refractivity contribution is 0.334. The van der Waals surface area contributed by atoms with E-state index in [9.17, 15) is 0 Å². The number of fused-ring (bicyclic) bond motifs is 1. The van der Waals surface area contributed by atoms with Crippen molar-refractivity contribution >= 4 is 5.82 Å². The molecule has 1 aliphatic rings. The standard InChI is InChI=1S/C17H20N2O.C2H7N/c1-2-20-16-11-10-13(12-6-3-4-7-14(12)16)15-8-5-9-17(18)19-15;1-3-2/h5,8-11H,2-4,6-7H2,1H3,(H2,18,19);3H,1-2H3. The molecule has 1 aliphatic carbocycles. The molecule has 0 atom stereocenters. The molecule has 1 aromatic carbocycles. The maximum absolute atomic E-state index is 5.81. The van der Waals surface area contributed by atoms with Crippen molar-refractivity contribution in [3.8, 4) is 17.0 Å². The lowest BCUT2D eigenvalue weighted by Gasteiger charge is -2.22. The van der Waals surface area contributed by atoms with Crippen molar-refractivity contribution in [1.82, 2.24) is 10.3 Å². The van der Waals surface area contributed by atoms with Crippen molar-refractivity contribution in [3.05, 3.63) is 41.5 Å². The molecule has 0 amide bonds. The smallest absolute Gasteiger partial charge is 0.124 e. The van der Waals surface area contributed by atoms with Gasteiger partial charge in [-0.15, -0.1) is 0 Å². The first-order chi connectivity index (χ1) is 11.2.